The van der Waals surface area contributed by atoms with E-state index in [0.29, 0.717) is 11.5 Å². The lowest BCUT2D eigenvalue weighted by Crippen LogP contribution is -2.23. The van der Waals surface area contributed by atoms with Crippen molar-refractivity contribution in [3.05, 3.63) is 63.2 Å². The molecular weight excluding hydrogens is 356 g/mol. The van der Waals surface area contributed by atoms with Crippen LogP contribution >= 0.6 is 0 Å². The lowest BCUT2D eigenvalue weighted by atomic mass is 10.1. The van der Waals surface area contributed by atoms with Gasteiger partial charge in [0.15, 0.2) is 11.5 Å². The number of nitrogens with one attached hydrogen (secondary N) is 1. The highest BCUT2D eigenvalue weighted by molar-refractivity contribution is 5.99. The summed E-state index contributed by atoms with van der Waals surface area (Å²) in [4.78, 5) is 34.7. The zero-order valence-corrected chi connectivity index (χ0v) is 14.4. The predicted octanol–water partition coefficient (Wildman–Crippen LogP) is 2.43. The van der Waals surface area contributed by atoms with E-state index in [1.165, 1.54) is 6.07 Å². The van der Waals surface area contributed by atoms with Crippen molar-refractivity contribution < 1.29 is 28.7 Å². The first-order chi connectivity index (χ1) is 13.0. The maximum atomic E-state index is 12.4. The SMILES string of the molecule is CCOC(=O)c1cc(C(=O)NCc2ccc3c(c2)OCO3)cc([N+](=O)[O-])c1. The molecule has 0 aliphatic carbocycles. The number of nitro benzene ring substituents is 1. The van der Waals surface area contributed by atoms with Gasteiger partial charge in [-0.1, -0.05) is 6.07 Å². The number of hydrogen-bond acceptors (Lipinski definition) is 7. The van der Waals surface area contributed by atoms with Gasteiger partial charge in [0.05, 0.1) is 17.1 Å². The summed E-state index contributed by atoms with van der Waals surface area (Å²) in [6.45, 7) is 2.06. The zero-order chi connectivity index (χ0) is 19.4. The second-order valence-corrected chi connectivity index (χ2v) is 5.62. The van der Waals surface area contributed by atoms with Crippen LogP contribution in [0.4, 0.5) is 5.69 Å². The molecule has 9 heteroatoms. The van der Waals surface area contributed by atoms with E-state index in [0.717, 1.165) is 17.7 Å². The number of carbonyl (C=O) groups excluding carboxylic acids is 2. The molecule has 0 aromatic heterocycles. The van der Waals surface area contributed by atoms with E-state index in [1.807, 2.05) is 0 Å². The molecule has 2 aromatic carbocycles. The fourth-order valence-electron chi connectivity index (χ4n) is 2.52. The molecule has 0 unspecified atom stereocenters. The molecule has 1 aliphatic heterocycles. The highest BCUT2D eigenvalue weighted by Crippen LogP contribution is 2.32. The Morgan fingerprint density at radius 2 is 1.89 bits per heavy atom. The lowest BCUT2D eigenvalue weighted by Gasteiger charge is -2.08. The minimum Gasteiger partial charge on any atom is -0.462 e. The van der Waals surface area contributed by atoms with E-state index in [2.05, 4.69) is 5.32 Å². The standard InChI is InChI=1S/C18H16N2O7/c1-2-25-18(22)13-6-12(7-14(8-13)20(23)24)17(21)19-9-11-3-4-15-16(5-11)27-10-26-15/h3-8H,2,9-10H2,1H3,(H,19,21). The lowest BCUT2D eigenvalue weighted by molar-refractivity contribution is -0.384. The second kappa shape index (κ2) is 7.73. The normalized spacial score (nSPS) is 11.7. The highest BCUT2D eigenvalue weighted by atomic mass is 16.7. The van der Waals surface area contributed by atoms with Gasteiger partial charge in [-0.25, -0.2) is 4.79 Å². The van der Waals surface area contributed by atoms with Crippen molar-refractivity contribution in [3.63, 3.8) is 0 Å². The zero-order valence-electron chi connectivity index (χ0n) is 14.4. The fourth-order valence-corrected chi connectivity index (χ4v) is 2.52. The smallest absolute Gasteiger partial charge is 0.338 e. The molecule has 0 bridgehead atoms. The molecule has 0 spiro atoms. The number of nitro groups is 1. The maximum absolute atomic E-state index is 12.4. The van der Waals surface area contributed by atoms with Gasteiger partial charge >= 0.3 is 5.97 Å². The van der Waals surface area contributed by atoms with Crippen LogP contribution in [0.5, 0.6) is 11.5 Å². The maximum Gasteiger partial charge on any atom is 0.338 e. The molecular formula is C18H16N2O7. The van der Waals surface area contributed by atoms with Crippen molar-refractivity contribution in [2.75, 3.05) is 13.4 Å². The number of rotatable bonds is 6. The van der Waals surface area contributed by atoms with Gasteiger partial charge in [0, 0.05) is 24.2 Å². The number of carbonyl (C=O) groups is 2. The number of amides is 1. The average Bonchev–Trinajstić information content (AvgIpc) is 3.13. The molecule has 0 atom stereocenters. The van der Waals surface area contributed by atoms with Gasteiger partial charge in [-0.3, -0.25) is 14.9 Å². The number of nitrogens with zero attached hydrogens (tertiary/aromatic N) is 1. The summed E-state index contributed by atoms with van der Waals surface area (Å²) in [5, 5.41) is 13.8. The van der Waals surface area contributed by atoms with Gasteiger partial charge in [-0.2, -0.15) is 0 Å². The summed E-state index contributed by atoms with van der Waals surface area (Å²) in [7, 11) is 0. The van der Waals surface area contributed by atoms with Gasteiger partial charge in [-0.05, 0) is 30.7 Å². The number of benzene rings is 2. The average molecular weight is 372 g/mol. The largest absolute Gasteiger partial charge is 0.462 e. The third kappa shape index (κ3) is 4.14. The molecule has 3 rings (SSSR count). The van der Waals surface area contributed by atoms with E-state index in [1.54, 1.807) is 25.1 Å². The van der Waals surface area contributed by atoms with Crippen molar-refractivity contribution in [1.29, 1.82) is 0 Å². The quantitative estimate of drug-likeness (QED) is 0.470. The molecule has 2 aromatic rings. The molecule has 1 heterocycles. The summed E-state index contributed by atoms with van der Waals surface area (Å²) in [6.07, 6.45) is 0. The number of ether oxygens (including phenoxy) is 3. The second-order valence-electron chi connectivity index (χ2n) is 5.62. The van der Waals surface area contributed by atoms with Crippen LogP contribution in [0.25, 0.3) is 0 Å². The summed E-state index contributed by atoms with van der Waals surface area (Å²) < 4.78 is 15.3. The Morgan fingerprint density at radius 3 is 2.63 bits per heavy atom. The van der Waals surface area contributed by atoms with Gasteiger partial charge in [-0.15, -0.1) is 0 Å². The van der Waals surface area contributed by atoms with Gasteiger partial charge in [0.25, 0.3) is 11.6 Å². The molecule has 0 radical (unpaired) electrons. The van der Waals surface area contributed by atoms with Crippen molar-refractivity contribution in [2.45, 2.75) is 13.5 Å². The Morgan fingerprint density at radius 1 is 1.15 bits per heavy atom. The number of non-ortho nitro benzene ring substituents is 1. The van der Waals surface area contributed by atoms with Crippen LogP contribution in [0, 0.1) is 10.1 Å². The molecule has 1 N–H and O–H groups in total. The van der Waals surface area contributed by atoms with Crippen molar-refractivity contribution in [1.82, 2.24) is 5.32 Å². The van der Waals surface area contributed by atoms with Crippen LogP contribution in [0.2, 0.25) is 0 Å². The fraction of sp³-hybridized carbons (Fsp3) is 0.222. The summed E-state index contributed by atoms with van der Waals surface area (Å²) in [5.74, 6) is -0.0718. The summed E-state index contributed by atoms with van der Waals surface area (Å²) in [6, 6.07) is 8.69. The van der Waals surface area contributed by atoms with Crippen LogP contribution in [0.1, 0.15) is 33.2 Å². The highest BCUT2D eigenvalue weighted by Gasteiger charge is 2.19. The minimum atomic E-state index is -0.731. The van der Waals surface area contributed by atoms with Gasteiger partial charge in [0.2, 0.25) is 6.79 Å². The van der Waals surface area contributed by atoms with Crippen LogP contribution < -0.4 is 14.8 Å². The molecule has 1 amide bonds. The Bertz CT molecular complexity index is 911. The minimum absolute atomic E-state index is 0.00648. The molecule has 0 fully saturated rings. The van der Waals surface area contributed by atoms with E-state index in [-0.39, 0.29) is 36.8 Å². The van der Waals surface area contributed by atoms with E-state index in [4.69, 9.17) is 14.2 Å². The van der Waals surface area contributed by atoms with Crippen LogP contribution in [-0.4, -0.2) is 30.2 Å². The van der Waals surface area contributed by atoms with Crippen LogP contribution in [0.15, 0.2) is 36.4 Å². The third-order valence-electron chi connectivity index (χ3n) is 3.79. The molecule has 140 valence electrons. The number of fused-ring (bicyclic) bond motifs is 1. The summed E-state index contributed by atoms with van der Waals surface area (Å²) in [5.41, 5.74) is 0.338. The Kier molecular flexibility index (Phi) is 5.20. The first kappa shape index (κ1) is 18.2. The van der Waals surface area contributed by atoms with Gasteiger partial charge in [0.1, 0.15) is 0 Å². The van der Waals surface area contributed by atoms with Crippen LogP contribution in [0.3, 0.4) is 0 Å². The van der Waals surface area contributed by atoms with E-state index < -0.39 is 16.8 Å². The summed E-state index contributed by atoms with van der Waals surface area (Å²) >= 11 is 0. The first-order valence-corrected chi connectivity index (χ1v) is 8.11. The topological polar surface area (TPSA) is 117 Å². The third-order valence-corrected chi connectivity index (χ3v) is 3.79. The van der Waals surface area contributed by atoms with Crippen LogP contribution in [-0.2, 0) is 11.3 Å². The monoisotopic (exact) mass is 372 g/mol. The van der Waals surface area contributed by atoms with E-state index >= 15 is 0 Å². The van der Waals surface area contributed by atoms with Crippen molar-refractivity contribution in [2.24, 2.45) is 0 Å². The first-order valence-electron chi connectivity index (χ1n) is 8.11. The molecule has 9 nitrogen and oxygen atoms in total. The molecule has 1 aliphatic rings. The predicted molar refractivity (Wildman–Crippen MR) is 92.8 cm³/mol. The Labute approximate surface area is 154 Å². The molecule has 0 saturated heterocycles. The van der Waals surface area contributed by atoms with Crippen molar-refractivity contribution >= 4 is 17.6 Å². The van der Waals surface area contributed by atoms with E-state index in [9.17, 15) is 19.7 Å². The van der Waals surface area contributed by atoms with Gasteiger partial charge < -0.3 is 19.5 Å². The molecule has 27 heavy (non-hydrogen) atoms. The Hall–Kier alpha value is -3.62. The number of hydrogen-bond donors (Lipinski definition) is 1. The number of esters is 1. The Balaban J connectivity index is 1.77. The van der Waals surface area contributed by atoms with Crippen molar-refractivity contribution in [3.8, 4) is 11.5 Å². The molecule has 0 saturated carbocycles.